The number of benzene rings is 1. The number of nitrogens with zero attached hydrogens (tertiary/aromatic N) is 5. The molecule has 1 aliphatic rings. The summed E-state index contributed by atoms with van der Waals surface area (Å²) >= 11 is 0. The van der Waals surface area contributed by atoms with Crippen LogP contribution in [0.2, 0.25) is 0 Å². The Hall–Kier alpha value is -2.87. The minimum atomic E-state index is -0.136. The van der Waals surface area contributed by atoms with Gasteiger partial charge in [-0.1, -0.05) is 45.7 Å². The second kappa shape index (κ2) is 10.4. The molecule has 4 rings (SSSR count). The summed E-state index contributed by atoms with van der Waals surface area (Å²) in [7, 11) is 1.81. The molecule has 1 fully saturated rings. The van der Waals surface area contributed by atoms with E-state index in [-0.39, 0.29) is 5.56 Å². The third-order valence-electron chi connectivity index (χ3n) is 6.43. The van der Waals surface area contributed by atoms with Gasteiger partial charge < -0.3 is 14.5 Å². The molecular weight excluding hydrogens is 416 g/mol. The van der Waals surface area contributed by atoms with E-state index in [1.54, 1.807) is 4.68 Å². The minimum absolute atomic E-state index is 0.136. The highest BCUT2D eigenvalue weighted by Gasteiger charge is 2.20. The molecule has 0 spiro atoms. The van der Waals surface area contributed by atoms with Crippen molar-refractivity contribution in [2.24, 2.45) is 13.0 Å². The number of fused-ring (bicyclic) bond motifs is 1. The highest BCUT2D eigenvalue weighted by molar-refractivity contribution is 5.77. The van der Waals surface area contributed by atoms with E-state index >= 15 is 0 Å². The van der Waals surface area contributed by atoms with Crippen molar-refractivity contribution in [1.29, 1.82) is 0 Å². The van der Waals surface area contributed by atoms with E-state index in [9.17, 15) is 4.79 Å². The third kappa shape index (κ3) is 5.21. The summed E-state index contributed by atoms with van der Waals surface area (Å²) in [5.74, 6) is 1.09. The summed E-state index contributed by atoms with van der Waals surface area (Å²) in [5.41, 5.74) is 4.43. The Bertz CT molecular complexity index is 1130. The maximum absolute atomic E-state index is 13.0. The molecule has 3 aromatic rings. The van der Waals surface area contributed by atoms with Gasteiger partial charge in [0.1, 0.15) is 5.52 Å². The number of anilines is 2. The van der Waals surface area contributed by atoms with Gasteiger partial charge in [0.25, 0.3) is 5.56 Å². The molecule has 178 valence electrons. The van der Waals surface area contributed by atoms with E-state index in [1.807, 2.05) is 7.05 Å². The maximum Gasteiger partial charge on any atom is 0.278 e. The summed E-state index contributed by atoms with van der Waals surface area (Å²) in [6.07, 6.45) is 2.83. The lowest BCUT2D eigenvalue weighted by Gasteiger charge is -2.30. The predicted molar refractivity (Wildman–Crippen MR) is 133 cm³/mol. The number of morpholine rings is 1. The van der Waals surface area contributed by atoms with Gasteiger partial charge >= 0.3 is 0 Å². The molecule has 0 aliphatic carbocycles. The van der Waals surface area contributed by atoms with Crippen molar-refractivity contribution in [3.05, 3.63) is 45.9 Å². The molecule has 2 aromatic heterocycles. The molecule has 0 radical (unpaired) electrons. The molecule has 1 saturated heterocycles. The number of aromatic amines is 1. The summed E-state index contributed by atoms with van der Waals surface area (Å²) in [4.78, 5) is 25.6. The molecule has 0 bridgehead atoms. The Morgan fingerprint density at radius 2 is 2.03 bits per heavy atom. The van der Waals surface area contributed by atoms with Gasteiger partial charge in [-0.05, 0) is 30.0 Å². The molecule has 0 saturated carbocycles. The van der Waals surface area contributed by atoms with Crippen LogP contribution in [-0.2, 0) is 24.8 Å². The molecule has 0 amide bonds. The summed E-state index contributed by atoms with van der Waals surface area (Å²) in [5, 5.41) is 4.57. The van der Waals surface area contributed by atoms with Crippen molar-refractivity contribution < 1.29 is 4.74 Å². The Kier molecular flexibility index (Phi) is 7.33. The standard InChI is InChI=1S/C25H36N6O2/c1-5-8-21-22-23(29(4)28-21)24(32)27-25(26-22)31(16-18(3)6-2)17-19-9-7-10-20(15-19)30-11-13-33-14-12-30/h7,9-10,15,18H,5-6,8,11-14,16-17H2,1-4H3,(H,26,27,32). The smallest absolute Gasteiger partial charge is 0.278 e. The predicted octanol–water partition coefficient (Wildman–Crippen LogP) is 3.50. The molecule has 1 unspecified atom stereocenters. The average molecular weight is 453 g/mol. The van der Waals surface area contributed by atoms with Crippen molar-refractivity contribution >= 4 is 22.7 Å². The van der Waals surface area contributed by atoms with Gasteiger partial charge in [-0.25, -0.2) is 4.98 Å². The first-order valence-corrected chi connectivity index (χ1v) is 12.1. The first-order valence-electron chi connectivity index (χ1n) is 12.1. The number of hydrogen-bond donors (Lipinski definition) is 1. The zero-order valence-corrected chi connectivity index (χ0v) is 20.3. The van der Waals surface area contributed by atoms with Gasteiger partial charge in [0.2, 0.25) is 5.95 Å². The van der Waals surface area contributed by atoms with Gasteiger partial charge in [-0.2, -0.15) is 5.10 Å². The van der Waals surface area contributed by atoms with Crippen molar-refractivity contribution in [2.45, 2.75) is 46.6 Å². The lowest BCUT2D eigenvalue weighted by atomic mass is 10.1. The highest BCUT2D eigenvalue weighted by atomic mass is 16.5. The molecule has 1 aromatic carbocycles. The molecule has 1 atom stereocenters. The topological polar surface area (TPSA) is 79.3 Å². The van der Waals surface area contributed by atoms with Crippen LogP contribution >= 0.6 is 0 Å². The molecule has 1 N–H and O–H groups in total. The SMILES string of the molecule is CCCc1nn(C)c2c(=O)[nH]c(N(Cc3cccc(N4CCOCC4)c3)CC(C)CC)nc12. The lowest BCUT2D eigenvalue weighted by molar-refractivity contribution is 0.122. The highest BCUT2D eigenvalue weighted by Crippen LogP contribution is 2.23. The summed E-state index contributed by atoms with van der Waals surface area (Å²) < 4.78 is 7.16. The number of aromatic nitrogens is 4. The van der Waals surface area contributed by atoms with E-state index in [2.05, 4.69) is 64.9 Å². The van der Waals surface area contributed by atoms with Crippen molar-refractivity contribution in [3.63, 3.8) is 0 Å². The first kappa shape index (κ1) is 23.3. The zero-order valence-electron chi connectivity index (χ0n) is 20.3. The van der Waals surface area contributed by atoms with E-state index in [0.29, 0.717) is 29.4 Å². The Morgan fingerprint density at radius 3 is 2.76 bits per heavy atom. The number of aryl methyl sites for hydroxylation is 2. The van der Waals surface area contributed by atoms with Crippen LogP contribution in [0.15, 0.2) is 29.1 Å². The lowest BCUT2D eigenvalue weighted by Crippen LogP contribution is -2.36. The van der Waals surface area contributed by atoms with Crippen molar-refractivity contribution in [3.8, 4) is 0 Å². The fraction of sp³-hybridized carbons (Fsp3) is 0.560. The fourth-order valence-corrected chi connectivity index (χ4v) is 4.41. The van der Waals surface area contributed by atoms with Gasteiger partial charge in [-0.15, -0.1) is 0 Å². The van der Waals surface area contributed by atoms with E-state index in [1.165, 1.54) is 11.3 Å². The normalized spacial score (nSPS) is 15.2. The molecule has 1 aliphatic heterocycles. The van der Waals surface area contributed by atoms with Crippen molar-refractivity contribution in [2.75, 3.05) is 42.6 Å². The Balaban J connectivity index is 1.69. The van der Waals surface area contributed by atoms with Crippen molar-refractivity contribution in [1.82, 2.24) is 19.7 Å². The molecule has 8 nitrogen and oxygen atoms in total. The van der Waals surface area contributed by atoms with Crippen LogP contribution in [0.3, 0.4) is 0 Å². The second-order valence-corrected chi connectivity index (χ2v) is 9.07. The summed E-state index contributed by atoms with van der Waals surface area (Å²) in [6, 6.07) is 8.67. The van der Waals surface area contributed by atoms with E-state index < -0.39 is 0 Å². The average Bonchev–Trinajstić information content (AvgIpc) is 3.15. The van der Waals surface area contributed by atoms with Crippen LogP contribution in [0.5, 0.6) is 0 Å². The minimum Gasteiger partial charge on any atom is -0.378 e. The van der Waals surface area contributed by atoms with Crippen LogP contribution in [0, 0.1) is 5.92 Å². The van der Waals surface area contributed by atoms with Crippen LogP contribution in [0.4, 0.5) is 11.6 Å². The number of ether oxygens (including phenoxy) is 1. The number of hydrogen-bond acceptors (Lipinski definition) is 6. The molecular formula is C25H36N6O2. The number of H-pyrrole nitrogens is 1. The largest absolute Gasteiger partial charge is 0.378 e. The maximum atomic E-state index is 13.0. The Labute approximate surface area is 195 Å². The monoisotopic (exact) mass is 452 g/mol. The van der Waals surface area contributed by atoms with E-state index in [4.69, 9.17) is 9.72 Å². The van der Waals surface area contributed by atoms with Crippen LogP contribution in [0.1, 0.15) is 44.9 Å². The van der Waals surface area contributed by atoms with Gasteiger partial charge in [0.05, 0.1) is 18.9 Å². The summed E-state index contributed by atoms with van der Waals surface area (Å²) in [6.45, 7) is 11.4. The van der Waals surface area contributed by atoms with Gasteiger partial charge in [-0.3, -0.25) is 14.5 Å². The fourth-order valence-electron chi connectivity index (χ4n) is 4.41. The number of nitrogens with one attached hydrogen (secondary N) is 1. The molecule has 8 heteroatoms. The molecule has 33 heavy (non-hydrogen) atoms. The third-order valence-corrected chi connectivity index (χ3v) is 6.43. The van der Waals surface area contributed by atoms with Crippen LogP contribution in [-0.4, -0.2) is 52.6 Å². The Morgan fingerprint density at radius 1 is 1.24 bits per heavy atom. The van der Waals surface area contributed by atoms with Gasteiger partial charge in [0.15, 0.2) is 5.52 Å². The first-order chi connectivity index (χ1) is 16.0. The number of rotatable bonds is 9. The van der Waals surface area contributed by atoms with Crippen LogP contribution in [0.25, 0.3) is 11.0 Å². The zero-order chi connectivity index (χ0) is 23.4. The molecule has 3 heterocycles. The van der Waals surface area contributed by atoms with Gasteiger partial charge in [0, 0.05) is 38.9 Å². The van der Waals surface area contributed by atoms with Crippen LogP contribution < -0.4 is 15.4 Å². The van der Waals surface area contributed by atoms with E-state index in [0.717, 1.165) is 57.8 Å². The second-order valence-electron chi connectivity index (χ2n) is 9.07. The quantitative estimate of drug-likeness (QED) is 0.535.